The second-order valence-corrected chi connectivity index (χ2v) is 6.36. The van der Waals surface area contributed by atoms with Crippen LogP contribution < -0.4 is 0 Å². The zero-order valence-electron chi connectivity index (χ0n) is 14.1. The maximum Gasteiger partial charge on any atom is 0.244 e. The lowest BCUT2D eigenvalue weighted by atomic mass is 10.1. The summed E-state index contributed by atoms with van der Waals surface area (Å²) in [7, 11) is 1.95. The van der Waals surface area contributed by atoms with Crippen LogP contribution in [0.2, 0.25) is 0 Å². The first kappa shape index (κ1) is 15.7. The topological polar surface area (TPSA) is 68.8 Å². The first-order valence-electron chi connectivity index (χ1n) is 8.18. The normalized spacial score (nSPS) is 17.9. The Bertz CT molecular complexity index is 689. The number of nitrogens with zero attached hydrogens (tertiary/aromatic N) is 6. The van der Waals surface area contributed by atoms with Crippen LogP contribution in [-0.2, 0) is 24.8 Å². The van der Waals surface area contributed by atoms with Crippen molar-refractivity contribution in [2.45, 2.75) is 52.1 Å². The zero-order valence-corrected chi connectivity index (χ0v) is 14.1. The molecule has 1 aliphatic heterocycles. The molecule has 1 saturated heterocycles. The molecule has 1 unspecified atom stereocenters. The quantitative estimate of drug-likeness (QED) is 0.832. The van der Waals surface area contributed by atoms with Crippen molar-refractivity contribution in [3.63, 3.8) is 0 Å². The summed E-state index contributed by atoms with van der Waals surface area (Å²) in [6, 6.07) is 2.30. The Morgan fingerprint density at radius 2 is 2.22 bits per heavy atom. The van der Waals surface area contributed by atoms with Crippen LogP contribution in [-0.4, -0.2) is 47.9 Å². The highest BCUT2D eigenvalue weighted by Crippen LogP contribution is 2.22. The molecule has 1 fully saturated rings. The number of amides is 1. The number of hydrogen-bond acceptors (Lipinski definition) is 4. The molecule has 1 aliphatic rings. The predicted molar refractivity (Wildman–Crippen MR) is 85.8 cm³/mol. The second-order valence-electron chi connectivity index (χ2n) is 6.36. The number of aromatic nitrogens is 5. The molecule has 3 rings (SSSR count). The molecule has 0 bridgehead atoms. The lowest BCUT2D eigenvalue weighted by Crippen LogP contribution is -2.38. The molecule has 0 radical (unpaired) electrons. The number of likely N-dealkylation sites (tertiary alicyclic amines) is 1. The molecule has 1 amide bonds. The number of carbonyl (C=O) groups excluding carboxylic acids is 1. The first-order valence-corrected chi connectivity index (χ1v) is 8.18. The minimum atomic E-state index is 0.164. The maximum atomic E-state index is 12.6. The van der Waals surface area contributed by atoms with Crippen molar-refractivity contribution in [1.29, 1.82) is 0 Å². The number of hydrogen-bond donors (Lipinski definition) is 0. The van der Waals surface area contributed by atoms with Gasteiger partial charge in [-0.25, -0.2) is 0 Å². The van der Waals surface area contributed by atoms with Gasteiger partial charge in [-0.3, -0.25) is 9.48 Å². The molecule has 2 aromatic heterocycles. The number of carbonyl (C=O) groups is 1. The molecule has 0 saturated carbocycles. The van der Waals surface area contributed by atoms with Gasteiger partial charge in [0.05, 0.1) is 5.69 Å². The minimum Gasteiger partial charge on any atom is -0.338 e. The van der Waals surface area contributed by atoms with Crippen LogP contribution in [0.3, 0.4) is 0 Å². The Morgan fingerprint density at radius 3 is 2.87 bits per heavy atom. The van der Waals surface area contributed by atoms with Gasteiger partial charge in [-0.2, -0.15) is 5.10 Å². The van der Waals surface area contributed by atoms with Crippen molar-refractivity contribution in [3.05, 3.63) is 29.6 Å². The van der Waals surface area contributed by atoms with Gasteiger partial charge in [-0.1, -0.05) is 0 Å². The molecule has 0 spiro atoms. The fourth-order valence-corrected chi connectivity index (χ4v) is 3.35. The summed E-state index contributed by atoms with van der Waals surface area (Å²) in [5.41, 5.74) is 1.99. The van der Waals surface area contributed by atoms with E-state index < -0.39 is 0 Å². The highest BCUT2D eigenvalue weighted by molar-refractivity contribution is 5.76. The average molecular weight is 316 g/mol. The largest absolute Gasteiger partial charge is 0.338 e. The van der Waals surface area contributed by atoms with Crippen molar-refractivity contribution in [2.75, 3.05) is 6.54 Å². The Balaban J connectivity index is 1.60. The summed E-state index contributed by atoms with van der Waals surface area (Å²) < 4.78 is 3.74. The maximum absolute atomic E-state index is 12.6. The van der Waals surface area contributed by atoms with Crippen molar-refractivity contribution >= 4 is 5.91 Å². The highest BCUT2D eigenvalue weighted by atomic mass is 16.2. The smallest absolute Gasteiger partial charge is 0.244 e. The third-order valence-electron chi connectivity index (χ3n) is 4.59. The van der Waals surface area contributed by atoms with Gasteiger partial charge >= 0.3 is 0 Å². The summed E-state index contributed by atoms with van der Waals surface area (Å²) >= 11 is 0. The van der Waals surface area contributed by atoms with Gasteiger partial charge in [-0.05, 0) is 39.2 Å². The van der Waals surface area contributed by atoms with Gasteiger partial charge in [0.25, 0.3) is 0 Å². The minimum absolute atomic E-state index is 0.164. The van der Waals surface area contributed by atoms with E-state index in [2.05, 4.69) is 15.3 Å². The summed E-state index contributed by atoms with van der Waals surface area (Å²) in [5, 5.41) is 12.4. The van der Waals surface area contributed by atoms with Crippen LogP contribution in [0.1, 0.15) is 36.5 Å². The second kappa shape index (κ2) is 6.52. The average Bonchev–Trinajstić information content (AvgIpc) is 3.19. The van der Waals surface area contributed by atoms with Crippen LogP contribution >= 0.6 is 0 Å². The van der Waals surface area contributed by atoms with E-state index in [9.17, 15) is 4.79 Å². The Hall–Kier alpha value is -2.18. The lowest BCUT2D eigenvalue weighted by molar-refractivity contribution is -0.133. The fourth-order valence-electron chi connectivity index (χ4n) is 3.35. The van der Waals surface area contributed by atoms with Crippen molar-refractivity contribution < 1.29 is 4.79 Å². The molecule has 2 aromatic rings. The van der Waals surface area contributed by atoms with Crippen LogP contribution in [0.15, 0.2) is 12.4 Å². The van der Waals surface area contributed by atoms with E-state index in [1.807, 2.05) is 36.4 Å². The Labute approximate surface area is 136 Å². The molecule has 23 heavy (non-hydrogen) atoms. The van der Waals surface area contributed by atoms with Gasteiger partial charge in [-0.15, -0.1) is 10.2 Å². The molecule has 0 aliphatic carbocycles. The molecule has 3 heterocycles. The monoisotopic (exact) mass is 316 g/mol. The standard InChI is InChI=1S/C16H24N6O/c1-12-9-13(2)22(19-12)10-16(23)21-8-4-5-14(21)6-7-15-18-17-11-20(15)3/h9,11,14H,4-8,10H2,1-3H3. The molecular formula is C16H24N6O. The van der Waals surface area contributed by atoms with E-state index in [4.69, 9.17) is 0 Å². The predicted octanol–water partition coefficient (Wildman–Crippen LogP) is 1.25. The molecular weight excluding hydrogens is 292 g/mol. The van der Waals surface area contributed by atoms with Crippen LogP contribution in [0.4, 0.5) is 0 Å². The number of rotatable bonds is 5. The third-order valence-corrected chi connectivity index (χ3v) is 4.59. The molecule has 0 N–H and O–H groups in total. The van der Waals surface area contributed by atoms with Crippen molar-refractivity contribution in [2.24, 2.45) is 7.05 Å². The molecule has 7 nitrogen and oxygen atoms in total. The summed E-state index contributed by atoms with van der Waals surface area (Å²) in [6.45, 7) is 5.12. The van der Waals surface area contributed by atoms with E-state index in [1.165, 1.54) is 0 Å². The lowest BCUT2D eigenvalue weighted by Gasteiger charge is -2.25. The van der Waals surface area contributed by atoms with E-state index in [0.29, 0.717) is 12.6 Å². The fraction of sp³-hybridized carbons (Fsp3) is 0.625. The molecule has 124 valence electrons. The van der Waals surface area contributed by atoms with E-state index in [1.54, 1.807) is 11.0 Å². The van der Waals surface area contributed by atoms with Crippen LogP contribution in [0.5, 0.6) is 0 Å². The van der Waals surface area contributed by atoms with E-state index >= 15 is 0 Å². The SMILES string of the molecule is Cc1cc(C)n(CC(=O)N2CCCC2CCc2nncn2C)n1. The van der Waals surface area contributed by atoms with Crippen molar-refractivity contribution in [3.8, 4) is 0 Å². The molecule has 0 aromatic carbocycles. The van der Waals surface area contributed by atoms with Gasteiger partial charge < -0.3 is 9.47 Å². The molecule has 7 heteroatoms. The highest BCUT2D eigenvalue weighted by Gasteiger charge is 2.29. The Kier molecular flexibility index (Phi) is 4.45. The van der Waals surface area contributed by atoms with Crippen LogP contribution in [0, 0.1) is 13.8 Å². The van der Waals surface area contributed by atoms with E-state index in [0.717, 1.165) is 49.4 Å². The first-order chi connectivity index (χ1) is 11.0. The molecule has 1 atom stereocenters. The van der Waals surface area contributed by atoms with Gasteiger partial charge in [0.2, 0.25) is 5.91 Å². The van der Waals surface area contributed by atoms with Gasteiger partial charge in [0.15, 0.2) is 0 Å². The van der Waals surface area contributed by atoms with E-state index in [-0.39, 0.29) is 5.91 Å². The van der Waals surface area contributed by atoms with Gasteiger partial charge in [0.1, 0.15) is 18.7 Å². The summed E-state index contributed by atoms with van der Waals surface area (Å²) in [6.07, 6.45) is 5.66. The van der Waals surface area contributed by atoms with Crippen molar-refractivity contribution in [1.82, 2.24) is 29.4 Å². The number of aryl methyl sites for hydroxylation is 4. The zero-order chi connectivity index (χ0) is 16.4. The van der Waals surface area contributed by atoms with Crippen LogP contribution in [0.25, 0.3) is 0 Å². The Morgan fingerprint density at radius 1 is 1.39 bits per heavy atom. The third kappa shape index (κ3) is 3.43. The van der Waals surface area contributed by atoms with Gasteiger partial charge in [0, 0.05) is 31.7 Å². The summed E-state index contributed by atoms with van der Waals surface area (Å²) in [5.74, 6) is 1.14. The summed E-state index contributed by atoms with van der Waals surface area (Å²) in [4.78, 5) is 14.7.